The highest BCUT2D eigenvalue weighted by molar-refractivity contribution is 6.33. The Morgan fingerprint density at radius 2 is 1.66 bits per heavy atom. The van der Waals surface area contributed by atoms with Gasteiger partial charge in [-0.3, -0.25) is 14.6 Å². The van der Waals surface area contributed by atoms with Gasteiger partial charge < -0.3 is 16.4 Å². The summed E-state index contributed by atoms with van der Waals surface area (Å²) in [5, 5.41) is 7.28. The van der Waals surface area contributed by atoms with Gasteiger partial charge in [0.15, 0.2) is 5.15 Å². The number of carbonyl (C=O) groups excluding carboxylic acids is 2. The SMILES string of the molecule is Cc1ccc(C)c(Nc2cc(-c3ccc(C(N)=O)nc3)nc(Cl)c2NC(=O)c2ccc3ccccc3n2)c1. The van der Waals surface area contributed by atoms with E-state index in [1.165, 1.54) is 12.3 Å². The highest BCUT2D eigenvalue weighted by atomic mass is 35.5. The molecule has 0 radical (unpaired) electrons. The fourth-order valence-electron chi connectivity index (χ4n) is 3.96. The van der Waals surface area contributed by atoms with Crippen molar-refractivity contribution in [3.8, 4) is 11.3 Å². The molecular formula is C29H23ClN6O2. The van der Waals surface area contributed by atoms with E-state index in [0.717, 1.165) is 22.2 Å². The van der Waals surface area contributed by atoms with Crippen molar-refractivity contribution < 1.29 is 9.59 Å². The lowest BCUT2D eigenvalue weighted by atomic mass is 10.1. The highest BCUT2D eigenvalue weighted by Crippen LogP contribution is 2.36. The molecule has 0 aliphatic rings. The summed E-state index contributed by atoms with van der Waals surface area (Å²) in [6.07, 6.45) is 1.50. The summed E-state index contributed by atoms with van der Waals surface area (Å²) in [7, 11) is 0. The van der Waals surface area contributed by atoms with Crippen LogP contribution in [0.25, 0.3) is 22.2 Å². The maximum absolute atomic E-state index is 13.3. The van der Waals surface area contributed by atoms with Gasteiger partial charge in [0.05, 0.1) is 16.9 Å². The van der Waals surface area contributed by atoms with Gasteiger partial charge in [-0.1, -0.05) is 48.0 Å². The van der Waals surface area contributed by atoms with Crippen LogP contribution in [0.2, 0.25) is 5.15 Å². The molecule has 0 saturated heterocycles. The van der Waals surface area contributed by atoms with Gasteiger partial charge in [0.2, 0.25) is 0 Å². The summed E-state index contributed by atoms with van der Waals surface area (Å²) in [4.78, 5) is 37.8. The average molecular weight is 523 g/mol. The third-order valence-corrected chi connectivity index (χ3v) is 6.29. The summed E-state index contributed by atoms with van der Waals surface area (Å²) in [5.41, 5.74) is 11.3. The quantitative estimate of drug-likeness (QED) is 0.233. The Labute approximate surface area is 223 Å². The molecule has 2 amide bonds. The number of halogens is 1. The first kappa shape index (κ1) is 24.9. The van der Waals surface area contributed by atoms with Crippen LogP contribution < -0.4 is 16.4 Å². The molecule has 38 heavy (non-hydrogen) atoms. The Bertz CT molecular complexity index is 1700. The van der Waals surface area contributed by atoms with Crippen LogP contribution in [0, 0.1) is 13.8 Å². The number of nitrogens with one attached hydrogen (secondary N) is 2. The molecule has 8 nitrogen and oxygen atoms in total. The number of anilines is 3. The van der Waals surface area contributed by atoms with Crippen LogP contribution in [0.15, 0.2) is 79.0 Å². The zero-order valence-electron chi connectivity index (χ0n) is 20.6. The Hall–Kier alpha value is -4.82. The van der Waals surface area contributed by atoms with Crippen molar-refractivity contribution in [3.05, 3.63) is 107 Å². The summed E-state index contributed by atoms with van der Waals surface area (Å²) < 4.78 is 0. The molecule has 0 spiro atoms. The van der Waals surface area contributed by atoms with E-state index in [-0.39, 0.29) is 16.5 Å². The number of amides is 2. The van der Waals surface area contributed by atoms with Crippen molar-refractivity contribution in [3.63, 3.8) is 0 Å². The number of benzene rings is 2. The monoisotopic (exact) mass is 522 g/mol. The van der Waals surface area contributed by atoms with Gasteiger partial charge in [-0.05, 0) is 61.4 Å². The molecular weight excluding hydrogens is 500 g/mol. The Morgan fingerprint density at radius 1 is 0.868 bits per heavy atom. The number of rotatable bonds is 6. The number of hydrogen-bond donors (Lipinski definition) is 3. The van der Waals surface area contributed by atoms with Gasteiger partial charge in [-0.15, -0.1) is 0 Å². The number of para-hydroxylation sites is 1. The van der Waals surface area contributed by atoms with E-state index in [1.807, 2.05) is 62.4 Å². The van der Waals surface area contributed by atoms with E-state index in [1.54, 1.807) is 18.2 Å². The molecule has 5 aromatic rings. The lowest BCUT2D eigenvalue weighted by Crippen LogP contribution is -2.16. The first-order valence-electron chi connectivity index (χ1n) is 11.8. The molecule has 3 aromatic heterocycles. The van der Waals surface area contributed by atoms with E-state index in [9.17, 15) is 9.59 Å². The van der Waals surface area contributed by atoms with Gasteiger partial charge >= 0.3 is 0 Å². The molecule has 0 unspecified atom stereocenters. The number of hydrogen-bond acceptors (Lipinski definition) is 6. The molecule has 188 valence electrons. The van der Waals surface area contributed by atoms with Crippen LogP contribution in [0.5, 0.6) is 0 Å². The predicted molar refractivity (Wildman–Crippen MR) is 150 cm³/mol. The second kappa shape index (κ2) is 10.3. The molecule has 9 heteroatoms. The van der Waals surface area contributed by atoms with E-state index >= 15 is 0 Å². The van der Waals surface area contributed by atoms with Gasteiger partial charge in [-0.2, -0.15) is 0 Å². The molecule has 0 fully saturated rings. The zero-order valence-corrected chi connectivity index (χ0v) is 21.4. The Morgan fingerprint density at radius 3 is 2.42 bits per heavy atom. The molecule has 0 bridgehead atoms. The number of primary amides is 1. The van der Waals surface area contributed by atoms with E-state index in [4.69, 9.17) is 17.3 Å². The van der Waals surface area contributed by atoms with Crippen LogP contribution in [0.4, 0.5) is 17.1 Å². The molecule has 4 N–H and O–H groups in total. The maximum Gasteiger partial charge on any atom is 0.274 e. The number of nitrogens with zero attached hydrogens (tertiary/aromatic N) is 3. The molecule has 0 aliphatic heterocycles. The molecule has 2 aromatic carbocycles. The number of fused-ring (bicyclic) bond motifs is 1. The van der Waals surface area contributed by atoms with Crippen molar-refractivity contribution >= 4 is 51.4 Å². The standard InChI is InChI=1S/C29H23ClN6O2/c1-16-7-8-17(2)23(13-16)34-25-14-24(19-10-11-21(28(31)37)32-15-19)35-27(30)26(25)36-29(38)22-12-9-18-5-3-4-6-20(18)33-22/h3-15H,1-2H3,(H2,31,37)(H,34,35)(H,36,38). The fourth-order valence-corrected chi connectivity index (χ4v) is 4.20. The van der Waals surface area contributed by atoms with Crippen molar-refractivity contribution in [2.75, 3.05) is 10.6 Å². The normalized spacial score (nSPS) is 10.8. The molecule has 3 heterocycles. The molecule has 0 aliphatic carbocycles. The van der Waals surface area contributed by atoms with Gasteiger partial charge in [0, 0.05) is 22.8 Å². The second-order valence-electron chi connectivity index (χ2n) is 8.80. The summed E-state index contributed by atoms with van der Waals surface area (Å²) in [6.45, 7) is 3.98. The summed E-state index contributed by atoms with van der Waals surface area (Å²) in [5.74, 6) is -1.05. The van der Waals surface area contributed by atoms with Gasteiger partial charge in [-0.25, -0.2) is 9.97 Å². The van der Waals surface area contributed by atoms with Crippen molar-refractivity contribution in [2.24, 2.45) is 5.73 Å². The van der Waals surface area contributed by atoms with Gasteiger partial charge in [0.25, 0.3) is 11.8 Å². The van der Waals surface area contributed by atoms with Crippen LogP contribution in [-0.2, 0) is 0 Å². The summed E-state index contributed by atoms with van der Waals surface area (Å²) >= 11 is 6.65. The predicted octanol–water partition coefficient (Wildman–Crippen LogP) is 6.06. The number of aromatic nitrogens is 3. The van der Waals surface area contributed by atoms with Crippen molar-refractivity contribution in [1.82, 2.24) is 15.0 Å². The van der Waals surface area contributed by atoms with E-state index in [0.29, 0.717) is 28.1 Å². The van der Waals surface area contributed by atoms with Crippen LogP contribution in [0.1, 0.15) is 32.1 Å². The topological polar surface area (TPSA) is 123 Å². The largest absolute Gasteiger partial charge is 0.364 e. The second-order valence-corrected chi connectivity index (χ2v) is 9.16. The first-order chi connectivity index (χ1) is 18.3. The lowest BCUT2D eigenvalue weighted by molar-refractivity contribution is 0.0993. The minimum atomic E-state index is -0.625. The van der Waals surface area contributed by atoms with Crippen LogP contribution >= 0.6 is 11.6 Å². The number of carbonyl (C=O) groups is 2. The molecule has 5 rings (SSSR count). The van der Waals surface area contributed by atoms with E-state index in [2.05, 4.69) is 25.6 Å². The Balaban J connectivity index is 1.56. The lowest BCUT2D eigenvalue weighted by Gasteiger charge is -2.17. The smallest absolute Gasteiger partial charge is 0.274 e. The first-order valence-corrected chi connectivity index (χ1v) is 12.1. The minimum absolute atomic E-state index is 0.0726. The highest BCUT2D eigenvalue weighted by Gasteiger charge is 2.18. The number of nitrogens with two attached hydrogens (primary N) is 1. The van der Waals surface area contributed by atoms with E-state index < -0.39 is 11.8 Å². The molecule has 0 saturated carbocycles. The van der Waals surface area contributed by atoms with Crippen LogP contribution in [0.3, 0.4) is 0 Å². The fraction of sp³-hybridized carbons (Fsp3) is 0.0690. The number of aryl methyl sites for hydroxylation is 2. The van der Waals surface area contributed by atoms with Crippen molar-refractivity contribution in [1.29, 1.82) is 0 Å². The summed E-state index contributed by atoms with van der Waals surface area (Å²) in [6, 6.07) is 22.1. The van der Waals surface area contributed by atoms with Crippen molar-refractivity contribution in [2.45, 2.75) is 13.8 Å². The maximum atomic E-state index is 13.3. The van der Waals surface area contributed by atoms with Crippen LogP contribution in [-0.4, -0.2) is 26.8 Å². The third kappa shape index (κ3) is 5.16. The molecule has 0 atom stereocenters. The minimum Gasteiger partial charge on any atom is -0.364 e. The number of pyridine rings is 3. The average Bonchev–Trinajstić information content (AvgIpc) is 2.92. The zero-order chi connectivity index (χ0) is 26.8. The van der Waals surface area contributed by atoms with Gasteiger partial charge in [0.1, 0.15) is 17.1 Å². The Kier molecular flexibility index (Phi) is 6.72. The third-order valence-electron chi connectivity index (χ3n) is 6.02.